The average Bonchev–Trinajstić information content (AvgIpc) is 2.65. The lowest BCUT2D eigenvalue weighted by atomic mass is 10.1. The first-order chi connectivity index (χ1) is 13.2. The van der Waals surface area contributed by atoms with Crippen molar-refractivity contribution in [1.82, 2.24) is 16.0 Å². The number of aliphatic hydroxyl groups excluding tert-OH is 1. The third-order valence-corrected chi connectivity index (χ3v) is 4.20. The van der Waals surface area contributed by atoms with E-state index in [4.69, 9.17) is 11.5 Å². The fourth-order valence-corrected chi connectivity index (χ4v) is 2.51. The number of nitrogens with two attached hydrogens (primary N) is 2. The van der Waals surface area contributed by atoms with Gasteiger partial charge in [0.2, 0.25) is 23.6 Å². The normalized spacial score (nSPS) is 13.7. The number of aliphatic hydroxyl groups is 1. The maximum Gasteiger partial charge on any atom is 0.326 e. The van der Waals surface area contributed by atoms with Crippen LogP contribution < -0.4 is 27.4 Å². The molecule has 0 bridgehead atoms. The van der Waals surface area contributed by atoms with Crippen molar-refractivity contribution in [2.75, 3.05) is 25.2 Å². The van der Waals surface area contributed by atoms with Gasteiger partial charge < -0.3 is 37.6 Å². The van der Waals surface area contributed by atoms with Crippen molar-refractivity contribution in [2.45, 2.75) is 37.4 Å². The van der Waals surface area contributed by atoms with Crippen molar-refractivity contribution in [3.05, 3.63) is 0 Å². The molecule has 12 nitrogen and oxygen atoms in total. The van der Waals surface area contributed by atoms with Gasteiger partial charge in [-0.3, -0.25) is 19.2 Å². The molecule has 9 N–H and O–H groups in total. The Morgan fingerprint density at radius 1 is 0.964 bits per heavy atom. The summed E-state index contributed by atoms with van der Waals surface area (Å²) in [6.07, 6.45) is 1.51. The highest BCUT2D eigenvalue weighted by Crippen LogP contribution is 2.04. The largest absolute Gasteiger partial charge is 0.480 e. The minimum atomic E-state index is -1.36. The van der Waals surface area contributed by atoms with Crippen LogP contribution in [0.2, 0.25) is 0 Å². The van der Waals surface area contributed by atoms with Gasteiger partial charge in [-0.1, -0.05) is 0 Å². The van der Waals surface area contributed by atoms with Crippen molar-refractivity contribution in [2.24, 2.45) is 11.5 Å². The van der Waals surface area contributed by atoms with Gasteiger partial charge in [0.05, 0.1) is 13.2 Å². The Bertz CT molecular complexity index is 575. The predicted octanol–water partition coefficient (Wildman–Crippen LogP) is -3.50. The molecular formula is C15H27N5O7S. The molecule has 3 atom stereocenters. The highest BCUT2D eigenvalue weighted by molar-refractivity contribution is 7.98. The first kappa shape index (κ1) is 25.6. The molecule has 4 amide bonds. The van der Waals surface area contributed by atoms with Crippen LogP contribution in [0.3, 0.4) is 0 Å². The van der Waals surface area contributed by atoms with Crippen molar-refractivity contribution < 1.29 is 34.2 Å². The molecule has 0 saturated heterocycles. The predicted molar refractivity (Wildman–Crippen MR) is 101 cm³/mol. The summed E-state index contributed by atoms with van der Waals surface area (Å²) in [6, 6.07) is -3.79. The number of amides is 4. The molecule has 0 aromatic heterocycles. The minimum absolute atomic E-state index is 0.171. The quantitative estimate of drug-likeness (QED) is 0.148. The Balaban J connectivity index is 5.12. The molecule has 0 fully saturated rings. The van der Waals surface area contributed by atoms with E-state index < -0.39 is 54.3 Å². The number of aliphatic carboxylic acids is 1. The van der Waals surface area contributed by atoms with Crippen LogP contribution in [0.25, 0.3) is 0 Å². The number of carbonyl (C=O) groups excluding carboxylic acids is 4. The lowest BCUT2D eigenvalue weighted by molar-refractivity contribution is -0.142. The highest BCUT2D eigenvalue weighted by Gasteiger charge is 2.29. The van der Waals surface area contributed by atoms with Gasteiger partial charge in [0, 0.05) is 6.42 Å². The second-order valence-electron chi connectivity index (χ2n) is 5.75. The minimum Gasteiger partial charge on any atom is -0.480 e. The first-order valence-electron chi connectivity index (χ1n) is 8.37. The van der Waals surface area contributed by atoms with Gasteiger partial charge >= 0.3 is 5.97 Å². The molecular weight excluding hydrogens is 394 g/mol. The van der Waals surface area contributed by atoms with E-state index in [1.807, 2.05) is 0 Å². The average molecular weight is 421 g/mol. The number of hydrogen-bond donors (Lipinski definition) is 7. The second-order valence-corrected chi connectivity index (χ2v) is 6.74. The fraction of sp³-hybridized carbons (Fsp3) is 0.667. The van der Waals surface area contributed by atoms with E-state index in [0.717, 1.165) is 0 Å². The fourth-order valence-electron chi connectivity index (χ4n) is 2.04. The van der Waals surface area contributed by atoms with E-state index in [2.05, 4.69) is 16.0 Å². The molecule has 0 radical (unpaired) electrons. The standard InChI is InChI=1S/C15H27N5O7S/c1-28-5-4-8(19-14(25)10(7-21)18-12(23)6-16)13(24)20-9(15(26)27)2-3-11(17)22/h8-10,21H,2-7,16H2,1H3,(H2,17,22)(H,18,23)(H,19,25)(H,20,24)(H,26,27). The van der Waals surface area contributed by atoms with Gasteiger partial charge in [-0.05, 0) is 24.9 Å². The summed E-state index contributed by atoms with van der Waals surface area (Å²) >= 11 is 1.40. The van der Waals surface area contributed by atoms with Crippen molar-refractivity contribution >= 4 is 41.4 Å². The second kappa shape index (κ2) is 13.7. The molecule has 0 saturated carbocycles. The Morgan fingerprint density at radius 3 is 2.00 bits per heavy atom. The van der Waals surface area contributed by atoms with Crippen LogP contribution in [0.1, 0.15) is 19.3 Å². The van der Waals surface area contributed by atoms with Gasteiger partial charge in [0.1, 0.15) is 18.1 Å². The molecule has 0 spiro atoms. The van der Waals surface area contributed by atoms with E-state index in [-0.39, 0.29) is 25.8 Å². The number of carboxylic acids is 1. The van der Waals surface area contributed by atoms with Gasteiger partial charge in [-0.15, -0.1) is 0 Å². The Kier molecular flexibility index (Phi) is 12.6. The molecule has 13 heteroatoms. The maximum absolute atomic E-state index is 12.4. The Hall–Kier alpha value is -2.38. The summed E-state index contributed by atoms with van der Waals surface area (Å²) in [5.41, 5.74) is 10.1. The zero-order chi connectivity index (χ0) is 21.7. The summed E-state index contributed by atoms with van der Waals surface area (Å²) in [5, 5.41) is 25.3. The molecule has 0 aliphatic heterocycles. The molecule has 0 aromatic carbocycles. The molecule has 3 unspecified atom stereocenters. The van der Waals surface area contributed by atoms with E-state index in [1.54, 1.807) is 6.26 Å². The zero-order valence-corrected chi connectivity index (χ0v) is 16.3. The number of primary amides is 1. The highest BCUT2D eigenvalue weighted by atomic mass is 32.2. The van der Waals surface area contributed by atoms with Crippen LogP contribution in [-0.4, -0.2) is 83.1 Å². The van der Waals surface area contributed by atoms with Crippen LogP contribution in [-0.2, 0) is 24.0 Å². The number of rotatable bonds is 14. The molecule has 28 heavy (non-hydrogen) atoms. The van der Waals surface area contributed by atoms with E-state index in [0.29, 0.717) is 5.75 Å². The Labute approximate surface area is 166 Å². The van der Waals surface area contributed by atoms with Crippen molar-refractivity contribution in [3.8, 4) is 0 Å². The third kappa shape index (κ3) is 10.1. The third-order valence-electron chi connectivity index (χ3n) is 3.56. The lowest BCUT2D eigenvalue weighted by Crippen LogP contribution is -2.57. The molecule has 0 heterocycles. The van der Waals surface area contributed by atoms with Crippen LogP contribution >= 0.6 is 11.8 Å². The molecule has 0 aliphatic carbocycles. The summed E-state index contributed by atoms with van der Waals surface area (Å²) in [5.74, 6) is -3.87. The van der Waals surface area contributed by atoms with Gasteiger partial charge in [0.25, 0.3) is 0 Å². The van der Waals surface area contributed by atoms with E-state index in [9.17, 15) is 34.2 Å². The zero-order valence-electron chi connectivity index (χ0n) is 15.5. The SMILES string of the molecule is CSCCC(NC(=O)C(CO)NC(=O)CN)C(=O)NC(CCC(N)=O)C(=O)O. The van der Waals surface area contributed by atoms with Gasteiger partial charge in [-0.25, -0.2) is 4.79 Å². The molecule has 0 aromatic rings. The molecule has 0 aliphatic rings. The maximum atomic E-state index is 12.4. The van der Waals surface area contributed by atoms with E-state index >= 15 is 0 Å². The summed E-state index contributed by atoms with van der Waals surface area (Å²) in [7, 11) is 0. The number of thioether (sulfide) groups is 1. The van der Waals surface area contributed by atoms with Gasteiger partial charge in [-0.2, -0.15) is 11.8 Å². The van der Waals surface area contributed by atoms with Crippen LogP contribution in [0.4, 0.5) is 0 Å². The van der Waals surface area contributed by atoms with E-state index in [1.165, 1.54) is 11.8 Å². The lowest BCUT2D eigenvalue weighted by Gasteiger charge is -2.23. The summed E-state index contributed by atoms with van der Waals surface area (Å²) in [6.45, 7) is -1.11. The van der Waals surface area contributed by atoms with Gasteiger partial charge in [0.15, 0.2) is 0 Å². The monoisotopic (exact) mass is 421 g/mol. The summed E-state index contributed by atoms with van der Waals surface area (Å²) in [4.78, 5) is 58.1. The van der Waals surface area contributed by atoms with Crippen LogP contribution in [0.5, 0.6) is 0 Å². The number of hydrogen-bond acceptors (Lipinski definition) is 8. The molecule has 0 rings (SSSR count). The number of carboxylic acid groups (broad SMARTS) is 1. The van der Waals surface area contributed by atoms with Crippen LogP contribution in [0, 0.1) is 0 Å². The first-order valence-corrected chi connectivity index (χ1v) is 9.76. The molecule has 160 valence electrons. The Morgan fingerprint density at radius 2 is 1.54 bits per heavy atom. The van der Waals surface area contributed by atoms with Crippen LogP contribution in [0.15, 0.2) is 0 Å². The van der Waals surface area contributed by atoms with Crippen molar-refractivity contribution in [1.29, 1.82) is 0 Å². The summed E-state index contributed by atoms with van der Waals surface area (Å²) < 4.78 is 0. The number of nitrogens with one attached hydrogen (secondary N) is 3. The topological polar surface area (TPSA) is 214 Å². The van der Waals surface area contributed by atoms with Crippen molar-refractivity contribution in [3.63, 3.8) is 0 Å². The smallest absolute Gasteiger partial charge is 0.326 e. The number of carbonyl (C=O) groups is 5.